The van der Waals surface area contributed by atoms with Gasteiger partial charge in [-0.25, -0.2) is 13.2 Å². The minimum atomic E-state index is -4.75. The lowest BCUT2D eigenvalue weighted by Crippen LogP contribution is -2.25. The molecule has 1 aliphatic rings. The van der Waals surface area contributed by atoms with Crippen molar-refractivity contribution in [3.63, 3.8) is 0 Å². The van der Waals surface area contributed by atoms with Crippen LogP contribution in [0.2, 0.25) is 0 Å². The Balaban J connectivity index is 1.68. The highest BCUT2D eigenvalue weighted by atomic mass is 32.2. The topological polar surface area (TPSA) is 80.8 Å². The monoisotopic (exact) mass is 449 g/mol. The van der Waals surface area contributed by atoms with Gasteiger partial charge in [0.25, 0.3) is 0 Å². The second-order valence-corrected chi connectivity index (χ2v) is 9.52. The number of nitrogens with zero attached hydrogens (tertiary/aromatic N) is 1. The molecule has 0 bridgehead atoms. The van der Waals surface area contributed by atoms with Crippen LogP contribution in [-0.2, 0) is 24.8 Å². The molecule has 2 aromatic carbocycles. The van der Waals surface area contributed by atoms with E-state index in [1.807, 2.05) is 50.1 Å². The summed E-state index contributed by atoms with van der Waals surface area (Å²) in [6.07, 6.45) is 1.44. The molecule has 0 amide bonds. The largest absolute Gasteiger partial charge is 0.454 e. The number of allylic oxidation sites excluding steroid dienone is 1. The highest BCUT2D eigenvalue weighted by Gasteiger charge is 2.38. The molecule has 9 heteroatoms. The van der Waals surface area contributed by atoms with Crippen molar-refractivity contribution in [3.05, 3.63) is 71.4 Å². The third-order valence-electron chi connectivity index (χ3n) is 5.24. The Morgan fingerprint density at radius 3 is 2.29 bits per heavy atom. The normalized spacial score (nSPS) is 16.5. The lowest BCUT2D eigenvalue weighted by molar-refractivity contribution is -0.117. The van der Waals surface area contributed by atoms with Gasteiger partial charge in [-0.15, -0.1) is 0 Å². The quantitative estimate of drug-likeness (QED) is 0.494. The Kier molecular flexibility index (Phi) is 6.00. The minimum absolute atomic E-state index is 0.0561. The summed E-state index contributed by atoms with van der Waals surface area (Å²) in [6, 6.07) is 11.7. The number of alkyl halides is 2. The van der Waals surface area contributed by atoms with E-state index in [2.05, 4.69) is 0 Å². The first-order chi connectivity index (χ1) is 14.5. The molecule has 0 aliphatic carbocycles. The number of likely N-dealkylation sites (N-methyl/N-ethyl adjacent to an activating group) is 1. The number of carbonyl (C=O) groups excluding carboxylic acids is 2. The van der Waals surface area contributed by atoms with E-state index >= 15 is 0 Å². The van der Waals surface area contributed by atoms with E-state index in [1.165, 1.54) is 6.08 Å². The van der Waals surface area contributed by atoms with Crippen LogP contribution in [0.25, 0.3) is 0 Å². The number of ketones is 1. The van der Waals surface area contributed by atoms with E-state index in [0.29, 0.717) is 0 Å². The highest BCUT2D eigenvalue weighted by Crippen LogP contribution is 2.46. The maximum Gasteiger partial charge on any atom is 0.341 e. The summed E-state index contributed by atoms with van der Waals surface area (Å²) in [5.41, 5.74) is 2.36. The smallest absolute Gasteiger partial charge is 0.341 e. The van der Waals surface area contributed by atoms with Crippen LogP contribution in [0.4, 0.5) is 14.5 Å². The molecule has 164 valence electrons. The van der Waals surface area contributed by atoms with E-state index in [4.69, 9.17) is 4.74 Å². The molecule has 3 rings (SSSR count). The van der Waals surface area contributed by atoms with Crippen LogP contribution < -0.4 is 4.90 Å². The second-order valence-electron chi connectivity index (χ2n) is 7.60. The van der Waals surface area contributed by atoms with Crippen molar-refractivity contribution < 1.29 is 31.5 Å². The molecule has 0 saturated carbocycles. The fraction of sp³-hybridized carbons (Fsp3) is 0.273. The predicted molar refractivity (Wildman–Crippen MR) is 111 cm³/mol. The summed E-state index contributed by atoms with van der Waals surface area (Å²) in [5.74, 6) is -4.84. The maximum absolute atomic E-state index is 12.6. The van der Waals surface area contributed by atoms with Crippen LogP contribution in [0.1, 0.15) is 29.8 Å². The average Bonchev–Trinajstić information content (AvgIpc) is 2.93. The van der Waals surface area contributed by atoms with Crippen molar-refractivity contribution in [3.8, 4) is 0 Å². The van der Waals surface area contributed by atoms with Crippen molar-refractivity contribution in [2.75, 3.05) is 18.6 Å². The number of sulfone groups is 1. The Hall–Kier alpha value is -3.07. The van der Waals surface area contributed by atoms with E-state index in [0.717, 1.165) is 41.2 Å². The molecule has 2 aromatic rings. The Morgan fingerprint density at radius 1 is 1.10 bits per heavy atom. The first kappa shape index (κ1) is 22.6. The van der Waals surface area contributed by atoms with E-state index in [1.54, 1.807) is 0 Å². The van der Waals surface area contributed by atoms with Crippen molar-refractivity contribution in [1.29, 1.82) is 0 Å². The molecule has 0 aromatic heterocycles. The summed E-state index contributed by atoms with van der Waals surface area (Å²) in [5, 5.41) is 0. The van der Waals surface area contributed by atoms with Gasteiger partial charge in [0.1, 0.15) is 0 Å². The first-order valence-electron chi connectivity index (χ1n) is 9.33. The molecule has 0 radical (unpaired) electrons. The van der Waals surface area contributed by atoms with Crippen LogP contribution in [0.15, 0.2) is 65.2 Å². The van der Waals surface area contributed by atoms with Gasteiger partial charge >= 0.3 is 11.7 Å². The Labute approximate surface area is 179 Å². The fourth-order valence-electron chi connectivity index (χ4n) is 3.56. The zero-order valence-corrected chi connectivity index (χ0v) is 17.9. The third-order valence-corrected chi connectivity index (χ3v) is 6.64. The second kappa shape index (κ2) is 8.22. The minimum Gasteiger partial charge on any atom is -0.454 e. The molecule has 0 N–H and O–H groups in total. The summed E-state index contributed by atoms with van der Waals surface area (Å²) < 4.78 is 53.0. The number of esters is 1. The van der Waals surface area contributed by atoms with Crippen LogP contribution in [-0.4, -0.2) is 39.6 Å². The van der Waals surface area contributed by atoms with Gasteiger partial charge in [-0.3, -0.25) is 4.79 Å². The number of ether oxygens (including phenoxy) is 1. The van der Waals surface area contributed by atoms with Gasteiger partial charge in [0, 0.05) is 29.9 Å². The van der Waals surface area contributed by atoms with Gasteiger partial charge in [0.05, 0.1) is 10.5 Å². The number of anilines is 1. The first-order valence-corrected chi connectivity index (χ1v) is 10.9. The number of rotatable bonds is 6. The number of halogens is 2. The number of hydrogen-bond acceptors (Lipinski definition) is 6. The van der Waals surface area contributed by atoms with Crippen LogP contribution >= 0.6 is 0 Å². The number of carbonyl (C=O) groups is 2. The molecule has 0 saturated heterocycles. The summed E-state index contributed by atoms with van der Waals surface area (Å²) in [4.78, 5) is 25.9. The Bertz CT molecular complexity index is 1150. The highest BCUT2D eigenvalue weighted by molar-refractivity contribution is 7.91. The van der Waals surface area contributed by atoms with Gasteiger partial charge in [0.15, 0.2) is 12.4 Å². The molecular weight excluding hydrogens is 428 g/mol. The van der Waals surface area contributed by atoms with E-state index in [-0.39, 0.29) is 5.56 Å². The molecule has 0 fully saturated rings. The lowest BCUT2D eigenvalue weighted by atomic mass is 9.83. The summed E-state index contributed by atoms with van der Waals surface area (Å²) in [6.45, 7) is 3.48. The van der Waals surface area contributed by atoms with E-state index < -0.39 is 44.3 Å². The molecule has 31 heavy (non-hydrogen) atoms. The molecule has 1 heterocycles. The maximum atomic E-state index is 12.6. The summed E-state index contributed by atoms with van der Waals surface area (Å²) in [7, 11) is -2.89. The van der Waals surface area contributed by atoms with Crippen molar-refractivity contribution in [1.82, 2.24) is 0 Å². The zero-order valence-electron chi connectivity index (χ0n) is 17.1. The van der Waals surface area contributed by atoms with Crippen molar-refractivity contribution >= 4 is 27.3 Å². The van der Waals surface area contributed by atoms with Crippen molar-refractivity contribution in [2.24, 2.45) is 0 Å². The van der Waals surface area contributed by atoms with Crippen LogP contribution in [0, 0.1) is 0 Å². The van der Waals surface area contributed by atoms with Crippen LogP contribution in [0.3, 0.4) is 0 Å². The third kappa shape index (κ3) is 4.23. The van der Waals surface area contributed by atoms with Crippen molar-refractivity contribution in [2.45, 2.75) is 29.9 Å². The molecular formula is C22H21F2NO5S. The molecule has 1 aliphatic heterocycles. The van der Waals surface area contributed by atoms with Gasteiger partial charge < -0.3 is 9.64 Å². The van der Waals surface area contributed by atoms with Gasteiger partial charge in [-0.1, -0.05) is 32.0 Å². The van der Waals surface area contributed by atoms with Gasteiger partial charge in [-0.05, 0) is 35.9 Å². The van der Waals surface area contributed by atoms with Gasteiger partial charge in [0.2, 0.25) is 9.84 Å². The molecule has 0 atom stereocenters. The lowest BCUT2D eigenvalue weighted by Gasteiger charge is -2.23. The molecule has 6 nitrogen and oxygen atoms in total. The zero-order chi connectivity index (χ0) is 23.0. The predicted octanol–water partition coefficient (Wildman–Crippen LogP) is 3.72. The number of hydrogen-bond donors (Lipinski definition) is 0. The number of para-hydroxylation sites is 1. The molecule has 0 unspecified atom stereocenters. The summed E-state index contributed by atoms with van der Waals surface area (Å²) >= 11 is 0. The fourth-order valence-corrected chi connectivity index (χ4v) is 4.28. The average molecular weight is 449 g/mol. The van der Waals surface area contributed by atoms with Crippen LogP contribution in [0.5, 0.6) is 0 Å². The SMILES string of the molecule is CN1/C(=C/C(=O)COC(=O)c2ccc(S(=O)(=O)C(F)F)cc2)C(C)(C)c2ccccc21. The van der Waals surface area contributed by atoms with E-state index in [9.17, 15) is 26.8 Å². The standard InChI is InChI=1S/C22H21F2NO5S/c1-22(2)17-6-4-5-7-18(17)25(3)19(22)12-15(26)13-30-20(27)14-8-10-16(11-9-14)31(28,29)21(23)24/h4-12,21H,13H2,1-3H3/b19-12+. The number of benzene rings is 2. The molecule has 0 spiro atoms. The van der Waals surface area contributed by atoms with Gasteiger partial charge in [-0.2, -0.15) is 8.78 Å². The number of fused-ring (bicyclic) bond motifs is 1. The Morgan fingerprint density at radius 2 is 1.71 bits per heavy atom.